The van der Waals surface area contributed by atoms with Gasteiger partial charge < -0.3 is 13.9 Å². The minimum Gasteiger partial charge on any atom is -0.493 e. The molecule has 0 spiro atoms. The van der Waals surface area contributed by atoms with Gasteiger partial charge in [-0.3, -0.25) is 10.1 Å². The first-order chi connectivity index (χ1) is 14.5. The molecule has 0 fully saturated rings. The van der Waals surface area contributed by atoms with Crippen molar-refractivity contribution in [1.29, 1.82) is 0 Å². The monoisotopic (exact) mass is 432 g/mol. The van der Waals surface area contributed by atoms with Crippen molar-refractivity contribution in [1.82, 2.24) is 4.98 Å². The molecule has 3 aromatic rings. The molecule has 0 amide bonds. The number of aromatic nitrogens is 1. The molecule has 2 aromatic carbocycles. The van der Waals surface area contributed by atoms with Crippen LogP contribution in [0.1, 0.15) is 42.5 Å². The number of aromatic amines is 1. The summed E-state index contributed by atoms with van der Waals surface area (Å²) < 4.78 is 24.2. The Hall–Kier alpha value is -2.74. The van der Waals surface area contributed by atoms with Gasteiger partial charge in [0.15, 0.2) is 5.75 Å². The SMILES string of the molecule is CC.Cc1c(-c2c(OSF)c(C)c([N+](=O)[O-])c3[nH]cc(C)c23)ccc2c1CCCO2. The average Bonchev–Trinajstić information content (AvgIpc) is 3.12. The lowest BCUT2D eigenvalue weighted by atomic mass is 9.88. The fourth-order valence-electron chi connectivity index (χ4n) is 4.13. The zero-order chi connectivity index (χ0) is 22.0. The van der Waals surface area contributed by atoms with Crippen LogP contribution in [0.4, 0.5) is 9.57 Å². The summed E-state index contributed by atoms with van der Waals surface area (Å²) in [6, 6.07) is 3.83. The van der Waals surface area contributed by atoms with E-state index in [9.17, 15) is 14.0 Å². The van der Waals surface area contributed by atoms with Crippen molar-refractivity contribution in [2.45, 2.75) is 47.5 Å². The minimum atomic E-state index is -0.458. The van der Waals surface area contributed by atoms with Gasteiger partial charge in [0.05, 0.1) is 17.1 Å². The molecule has 6 nitrogen and oxygen atoms in total. The van der Waals surface area contributed by atoms with Gasteiger partial charge in [-0.25, -0.2) is 0 Å². The molecule has 0 atom stereocenters. The van der Waals surface area contributed by atoms with Crippen LogP contribution in [0.2, 0.25) is 0 Å². The molecule has 0 aliphatic carbocycles. The van der Waals surface area contributed by atoms with Crippen LogP contribution in [0.5, 0.6) is 11.5 Å². The Labute approximate surface area is 179 Å². The molecule has 1 N–H and O–H groups in total. The van der Waals surface area contributed by atoms with Crippen LogP contribution in [0, 0.1) is 30.9 Å². The van der Waals surface area contributed by atoms with Crippen LogP contribution in [-0.2, 0) is 6.42 Å². The number of H-pyrrole nitrogens is 1. The zero-order valence-corrected chi connectivity index (χ0v) is 18.5. The molecule has 1 aliphatic rings. The van der Waals surface area contributed by atoms with Crippen molar-refractivity contribution in [2.24, 2.45) is 0 Å². The van der Waals surface area contributed by atoms with Crippen molar-refractivity contribution < 1.29 is 17.7 Å². The van der Waals surface area contributed by atoms with Gasteiger partial charge in [0.1, 0.15) is 11.3 Å². The largest absolute Gasteiger partial charge is 0.493 e. The fraction of sp³-hybridized carbons (Fsp3) is 0.364. The molecule has 30 heavy (non-hydrogen) atoms. The first-order valence-corrected chi connectivity index (χ1v) is 10.6. The predicted molar refractivity (Wildman–Crippen MR) is 119 cm³/mol. The highest BCUT2D eigenvalue weighted by Gasteiger charge is 2.30. The molecule has 0 bridgehead atoms. The Morgan fingerprint density at radius 2 is 1.97 bits per heavy atom. The number of rotatable bonds is 4. The lowest BCUT2D eigenvalue weighted by molar-refractivity contribution is -0.383. The molecule has 4 rings (SSSR count). The maximum absolute atomic E-state index is 13.2. The van der Waals surface area contributed by atoms with Gasteiger partial charge in [-0.05, 0) is 61.9 Å². The number of benzene rings is 2. The van der Waals surface area contributed by atoms with E-state index in [-0.39, 0.29) is 29.4 Å². The predicted octanol–water partition coefficient (Wildman–Crippen LogP) is 6.93. The highest BCUT2D eigenvalue weighted by atomic mass is 32.2. The summed E-state index contributed by atoms with van der Waals surface area (Å²) >= 11 is -0.308. The number of fused-ring (bicyclic) bond motifs is 2. The Balaban J connectivity index is 0.00000124. The summed E-state index contributed by atoms with van der Waals surface area (Å²) in [6.45, 7) is 10.1. The topological polar surface area (TPSA) is 77.4 Å². The van der Waals surface area contributed by atoms with Crippen molar-refractivity contribution in [2.75, 3.05) is 6.61 Å². The second-order valence-corrected chi connectivity index (χ2v) is 7.26. The van der Waals surface area contributed by atoms with Crippen molar-refractivity contribution in [3.63, 3.8) is 0 Å². The number of halogens is 1. The molecule has 8 heteroatoms. The molecular weight excluding hydrogens is 407 g/mol. The Morgan fingerprint density at radius 3 is 2.63 bits per heavy atom. The number of nitrogens with one attached hydrogen (secondary N) is 1. The zero-order valence-electron chi connectivity index (χ0n) is 17.7. The van der Waals surface area contributed by atoms with E-state index in [1.807, 2.05) is 39.8 Å². The number of ether oxygens (including phenoxy) is 1. The maximum atomic E-state index is 13.2. The third-order valence-electron chi connectivity index (χ3n) is 5.44. The van der Waals surface area contributed by atoms with Crippen LogP contribution in [-0.4, -0.2) is 16.5 Å². The number of nitro groups is 1. The first kappa shape index (κ1) is 22.0. The van der Waals surface area contributed by atoms with Gasteiger partial charge in [-0.2, -0.15) is 0 Å². The van der Waals surface area contributed by atoms with Crippen LogP contribution in [0.3, 0.4) is 0 Å². The molecule has 1 aliphatic heterocycles. The summed E-state index contributed by atoms with van der Waals surface area (Å²) in [7, 11) is 0. The van der Waals surface area contributed by atoms with E-state index in [2.05, 4.69) is 4.98 Å². The number of nitro benzene ring substituents is 1. The summed E-state index contributed by atoms with van der Waals surface area (Å²) in [5, 5.41) is 12.4. The van der Waals surface area contributed by atoms with Gasteiger partial charge in [0, 0.05) is 17.1 Å². The highest BCUT2D eigenvalue weighted by molar-refractivity contribution is 7.89. The number of aryl methyl sites for hydroxylation is 1. The van der Waals surface area contributed by atoms with Crippen LogP contribution in [0.25, 0.3) is 22.0 Å². The van der Waals surface area contributed by atoms with Gasteiger partial charge in [0.2, 0.25) is 0 Å². The molecule has 2 heterocycles. The first-order valence-electron chi connectivity index (χ1n) is 9.95. The van der Waals surface area contributed by atoms with E-state index in [0.717, 1.165) is 40.8 Å². The maximum Gasteiger partial charge on any atom is 0.299 e. The van der Waals surface area contributed by atoms with E-state index in [4.69, 9.17) is 8.92 Å². The average molecular weight is 433 g/mol. The molecule has 0 saturated carbocycles. The van der Waals surface area contributed by atoms with Crippen molar-refractivity contribution in [3.8, 4) is 22.6 Å². The summed E-state index contributed by atoms with van der Waals surface area (Å²) in [5.41, 5.74) is 5.07. The van der Waals surface area contributed by atoms with E-state index >= 15 is 0 Å². The number of hydrogen-bond acceptors (Lipinski definition) is 5. The van der Waals surface area contributed by atoms with Crippen LogP contribution < -0.4 is 8.92 Å². The summed E-state index contributed by atoms with van der Waals surface area (Å²) in [4.78, 5) is 14.3. The second-order valence-electron chi connectivity index (χ2n) is 6.97. The molecule has 0 saturated heterocycles. The van der Waals surface area contributed by atoms with Gasteiger partial charge in [-0.1, -0.05) is 19.9 Å². The lowest BCUT2D eigenvalue weighted by Crippen LogP contribution is -2.10. The quantitative estimate of drug-likeness (QED) is 0.275. The molecule has 0 unspecified atom stereocenters. The van der Waals surface area contributed by atoms with E-state index in [0.29, 0.717) is 23.1 Å². The van der Waals surface area contributed by atoms with Crippen LogP contribution in [0.15, 0.2) is 18.3 Å². The Kier molecular flexibility index (Phi) is 6.55. The minimum absolute atomic E-state index is 0.102. The third-order valence-corrected chi connectivity index (χ3v) is 5.67. The standard InChI is InChI=1S/C20H19FN2O4S.C2H6/c1-10-9-22-18-16(10)17(20(27-28-21)12(3)19(18)23(24)25)14-6-7-15-13(11(14)2)5-4-8-26-15;1-2/h6-7,9,22H,4-5,8H2,1-3H3;1-2H3. The highest BCUT2D eigenvalue weighted by Crippen LogP contribution is 2.49. The summed E-state index contributed by atoms with van der Waals surface area (Å²) in [6.07, 6.45) is 3.55. The lowest BCUT2D eigenvalue weighted by Gasteiger charge is -2.22. The fourth-order valence-corrected chi connectivity index (χ4v) is 4.40. The van der Waals surface area contributed by atoms with E-state index < -0.39 is 4.92 Å². The molecule has 160 valence electrons. The Morgan fingerprint density at radius 1 is 1.23 bits per heavy atom. The second kappa shape index (κ2) is 8.95. The number of hydrogen-bond donors (Lipinski definition) is 1. The van der Waals surface area contributed by atoms with Crippen molar-refractivity contribution in [3.05, 3.63) is 50.7 Å². The van der Waals surface area contributed by atoms with E-state index in [1.165, 1.54) is 0 Å². The molecule has 0 radical (unpaired) electrons. The smallest absolute Gasteiger partial charge is 0.299 e. The third kappa shape index (κ3) is 3.49. The van der Waals surface area contributed by atoms with Gasteiger partial charge in [0.25, 0.3) is 18.1 Å². The van der Waals surface area contributed by atoms with E-state index in [1.54, 1.807) is 13.1 Å². The molecular formula is C22H25FN2O4S. The van der Waals surface area contributed by atoms with Gasteiger partial charge >= 0.3 is 0 Å². The number of nitrogens with zero attached hydrogens (tertiary/aromatic N) is 1. The van der Waals surface area contributed by atoms with Gasteiger partial charge in [-0.15, -0.1) is 3.89 Å². The summed E-state index contributed by atoms with van der Waals surface area (Å²) in [5.74, 6) is 1.03. The normalized spacial score (nSPS) is 12.6. The van der Waals surface area contributed by atoms with Crippen LogP contribution >= 0.6 is 12.4 Å². The molecule has 1 aromatic heterocycles. The Bertz CT molecular complexity index is 1110. The van der Waals surface area contributed by atoms with Crippen molar-refractivity contribution >= 4 is 29.0 Å².